The maximum atomic E-state index is 8.46. The molecule has 0 bridgehead atoms. The normalized spacial score (nSPS) is 12.2. The second kappa shape index (κ2) is 5.97. The Morgan fingerprint density at radius 3 is 2.18 bits per heavy atom. The maximum absolute atomic E-state index is 8.46. The average Bonchev–Trinajstić information content (AvgIpc) is 2.07. The number of hydrogen-bond donors (Lipinski definition) is 2. The van der Waals surface area contributed by atoms with Crippen LogP contribution in [0, 0.1) is 0 Å². The lowest BCUT2D eigenvalue weighted by molar-refractivity contribution is 0.247. The molecular formula is C7H17N3O. The van der Waals surface area contributed by atoms with Gasteiger partial charge in [0, 0.05) is 19.5 Å². The lowest BCUT2D eigenvalue weighted by Crippen LogP contribution is -2.41. The van der Waals surface area contributed by atoms with Gasteiger partial charge in [0.25, 0.3) is 0 Å². The highest BCUT2D eigenvalue weighted by molar-refractivity contribution is 5.80. The second-order valence-corrected chi connectivity index (χ2v) is 2.18. The number of hydrogen-bond acceptors (Lipinski definition) is 3. The quantitative estimate of drug-likeness (QED) is 0.279. The fourth-order valence-electron chi connectivity index (χ4n) is 0.736. The molecular weight excluding hydrogens is 142 g/mol. The number of nitrogens with one attached hydrogen (secondary N) is 1. The minimum absolute atomic E-state index is 0.605. The van der Waals surface area contributed by atoms with E-state index in [4.69, 9.17) is 5.21 Å². The number of hydrazine groups is 1. The molecule has 0 saturated carbocycles. The van der Waals surface area contributed by atoms with Gasteiger partial charge in [-0.15, -0.1) is 0 Å². The van der Waals surface area contributed by atoms with Crippen LogP contribution in [0.1, 0.15) is 27.2 Å². The molecule has 0 unspecified atom stereocenters. The smallest absolute Gasteiger partial charge is 0.155 e. The van der Waals surface area contributed by atoms with Gasteiger partial charge < -0.3 is 10.6 Å². The summed E-state index contributed by atoms with van der Waals surface area (Å²) in [6.07, 6.45) is 0.715. The van der Waals surface area contributed by atoms with E-state index in [-0.39, 0.29) is 0 Å². The van der Waals surface area contributed by atoms with E-state index in [1.165, 1.54) is 0 Å². The Kier molecular flexibility index (Phi) is 5.56. The van der Waals surface area contributed by atoms with Crippen molar-refractivity contribution in [3.05, 3.63) is 0 Å². The molecule has 0 aromatic rings. The van der Waals surface area contributed by atoms with Crippen molar-refractivity contribution in [3.8, 4) is 0 Å². The summed E-state index contributed by atoms with van der Waals surface area (Å²) in [6, 6.07) is 0. The first-order valence-electron chi connectivity index (χ1n) is 4.00. The van der Waals surface area contributed by atoms with Gasteiger partial charge in [0.1, 0.15) is 0 Å². The number of amidine groups is 1. The van der Waals surface area contributed by atoms with Crippen molar-refractivity contribution in [1.82, 2.24) is 10.4 Å². The lowest BCUT2D eigenvalue weighted by atomic mass is 10.4. The Morgan fingerprint density at radius 2 is 1.91 bits per heavy atom. The third kappa shape index (κ3) is 3.83. The highest BCUT2D eigenvalue weighted by Gasteiger charge is 2.00. The Labute approximate surface area is 67.9 Å². The van der Waals surface area contributed by atoms with Gasteiger partial charge in [-0.05, 0) is 0 Å². The molecule has 0 aromatic carbocycles. The minimum Gasteiger partial charge on any atom is -0.409 e. The molecule has 0 spiro atoms. The Morgan fingerprint density at radius 1 is 1.36 bits per heavy atom. The molecule has 0 rings (SSSR count). The van der Waals surface area contributed by atoms with Crippen LogP contribution in [0.4, 0.5) is 0 Å². The van der Waals surface area contributed by atoms with Crippen LogP contribution in [0.5, 0.6) is 0 Å². The number of nitrogens with zero attached hydrogens (tertiary/aromatic N) is 2. The summed E-state index contributed by atoms with van der Waals surface area (Å²) in [6.45, 7) is 7.82. The predicted molar refractivity (Wildman–Crippen MR) is 45.6 cm³/mol. The summed E-state index contributed by atoms with van der Waals surface area (Å²) in [5.74, 6) is 0.605. The van der Waals surface area contributed by atoms with Crippen molar-refractivity contribution in [3.63, 3.8) is 0 Å². The van der Waals surface area contributed by atoms with Crippen LogP contribution >= 0.6 is 0 Å². The average molecular weight is 159 g/mol. The lowest BCUT2D eigenvalue weighted by Gasteiger charge is -2.20. The molecule has 2 N–H and O–H groups in total. The topological polar surface area (TPSA) is 47.9 Å². The molecule has 0 heterocycles. The van der Waals surface area contributed by atoms with Crippen LogP contribution in [-0.2, 0) is 0 Å². The number of rotatable bonds is 4. The van der Waals surface area contributed by atoms with Gasteiger partial charge in [-0.3, -0.25) is 0 Å². The molecule has 66 valence electrons. The van der Waals surface area contributed by atoms with Crippen molar-refractivity contribution in [2.45, 2.75) is 27.2 Å². The third-order valence-corrected chi connectivity index (χ3v) is 1.51. The van der Waals surface area contributed by atoms with E-state index in [0.29, 0.717) is 12.3 Å². The zero-order chi connectivity index (χ0) is 8.69. The van der Waals surface area contributed by atoms with Gasteiger partial charge >= 0.3 is 0 Å². The highest BCUT2D eigenvalue weighted by Crippen LogP contribution is 1.85. The first kappa shape index (κ1) is 10.2. The Balaban J connectivity index is 3.78. The second-order valence-electron chi connectivity index (χ2n) is 2.18. The Bertz CT molecular complexity index is 121. The summed E-state index contributed by atoms with van der Waals surface area (Å²) in [5.41, 5.74) is 2.99. The Hall–Kier alpha value is -0.770. The van der Waals surface area contributed by atoms with Gasteiger partial charge in [-0.2, -0.15) is 0 Å². The summed E-state index contributed by atoms with van der Waals surface area (Å²) >= 11 is 0. The fraction of sp³-hybridized carbons (Fsp3) is 0.857. The summed E-state index contributed by atoms with van der Waals surface area (Å²) in [7, 11) is 0. The zero-order valence-electron chi connectivity index (χ0n) is 7.46. The summed E-state index contributed by atoms with van der Waals surface area (Å²) < 4.78 is 0. The van der Waals surface area contributed by atoms with E-state index in [9.17, 15) is 0 Å². The SMILES string of the molecule is CCC(=NO)NN(CC)CC. The van der Waals surface area contributed by atoms with Crippen LogP contribution in [0.15, 0.2) is 5.16 Å². The van der Waals surface area contributed by atoms with Crippen molar-refractivity contribution in [2.75, 3.05) is 13.1 Å². The molecule has 0 fully saturated rings. The van der Waals surface area contributed by atoms with Crippen LogP contribution < -0.4 is 5.43 Å². The first-order chi connectivity index (χ1) is 5.28. The maximum Gasteiger partial charge on any atom is 0.155 e. The molecule has 0 radical (unpaired) electrons. The molecule has 0 aliphatic heterocycles. The van der Waals surface area contributed by atoms with E-state index in [2.05, 4.69) is 10.6 Å². The van der Waals surface area contributed by atoms with Crippen LogP contribution in [-0.4, -0.2) is 29.1 Å². The van der Waals surface area contributed by atoms with Gasteiger partial charge in [0.05, 0.1) is 0 Å². The van der Waals surface area contributed by atoms with Gasteiger partial charge in [0.2, 0.25) is 0 Å². The molecule has 0 aromatic heterocycles. The monoisotopic (exact) mass is 159 g/mol. The minimum atomic E-state index is 0.605. The number of oxime groups is 1. The van der Waals surface area contributed by atoms with E-state index < -0.39 is 0 Å². The van der Waals surface area contributed by atoms with E-state index in [1.54, 1.807) is 0 Å². The first-order valence-corrected chi connectivity index (χ1v) is 4.00. The van der Waals surface area contributed by atoms with Gasteiger partial charge in [0.15, 0.2) is 5.84 Å². The largest absolute Gasteiger partial charge is 0.409 e. The predicted octanol–water partition coefficient (Wildman–Crippen LogP) is 1.03. The van der Waals surface area contributed by atoms with Crippen LogP contribution in [0.3, 0.4) is 0 Å². The molecule has 0 saturated heterocycles. The third-order valence-electron chi connectivity index (χ3n) is 1.51. The standard InChI is InChI=1S/C7H17N3O/c1-4-7(9-11)8-10(5-2)6-3/h11H,4-6H2,1-3H3,(H,8,9). The molecule has 4 nitrogen and oxygen atoms in total. The molecule has 0 aliphatic rings. The summed E-state index contributed by atoms with van der Waals surface area (Å²) in [5, 5.41) is 13.5. The molecule has 4 heteroatoms. The molecule has 0 aliphatic carbocycles. The highest BCUT2D eigenvalue weighted by atomic mass is 16.4. The zero-order valence-corrected chi connectivity index (χ0v) is 7.46. The van der Waals surface area contributed by atoms with Crippen molar-refractivity contribution >= 4 is 5.84 Å². The van der Waals surface area contributed by atoms with E-state index >= 15 is 0 Å². The van der Waals surface area contributed by atoms with Crippen molar-refractivity contribution in [1.29, 1.82) is 0 Å². The van der Waals surface area contributed by atoms with Crippen LogP contribution in [0.2, 0.25) is 0 Å². The fourth-order valence-corrected chi connectivity index (χ4v) is 0.736. The van der Waals surface area contributed by atoms with Crippen molar-refractivity contribution in [2.24, 2.45) is 5.16 Å². The van der Waals surface area contributed by atoms with E-state index in [1.807, 2.05) is 25.8 Å². The van der Waals surface area contributed by atoms with Gasteiger partial charge in [-0.25, -0.2) is 5.01 Å². The van der Waals surface area contributed by atoms with E-state index in [0.717, 1.165) is 13.1 Å². The molecule has 0 atom stereocenters. The van der Waals surface area contributed by atoms with Gasteiger partial charge in [-0.1, -0.05) is 25.9 Å². The molecule has 0 amide bonds. The molecule has 11 heavy (non-hydrogen) atoms. The summed E-state index contributed by atoms with van der Waals surface area (Å²) in [4.78, 5) is 0. The van der Waals surface area contributed by atoms with Crippen molar-refractivity contribution < 1.29 is 5.21 Å². The van der Waals surface area contributed by atoms with Crippen LogP contribution in [0.25, 0.3) is 0 Å².